The zero-order valence-corrected chi connectivity index (χ0v) is 18.3. The van der Waals surface area contributed by atoms with Crippen molar-refractivity contribution in [3.05, 3.63) is 64.7 Å². The van der Waals surface area contributed by atoms with Crippen LogP contribution in [0.1, 0.15) is 54.0 Å². The van der Waals surface area contributed by atoms with Crippen LogP contribution in [-0.4, -0.2) is 27.1 Å². The van der Waals surface area contributed by atoms with Crippen LogP contribution in [0, 0.1) is 13.8 Å². The predicted octanol–water partition coefficient (Wildman–Crippen LogP) is 4.04. The quantitative estimate of drug-likeness (QED) is 0.743. The van der Waals surface area contributed by atoms with E-state index in [-0.39, 0.29) is 18.5 Å². The first-order chi connectivity index (χ1) is 13.8. The van der Waals surface area contributed by atoms with Crippen molar-refractivity contribution in [3.63, 3.8) is 0 Å². The topological polar surface area (TPSA) is 66.5 Å². The van der Waals surface area contributed by atoms with E-state index in [1.165, 1.54) is 21.7 Å². The molecule has 1 aliphatic rings. The van der Waals surface area contributed by atoms with Crippen molar-refractivity contribution in [1.82, 2.24) is 5.32 Å². The number of amides is 1. The highest BCUT2D eigenvalue weighted by molar-refractivity contribution is 7.92. The van der Waals surface area contributed by atoms with Gasteiger partial charge in [0, 0.05) is 13.0 Å². The Morgan fingerprint density at radius 2 is 1.90 bits per heavy atom. The number of nitrogens with one attached hydrogen (secondary N) is 1. The number of aryl methyl sites for hydroxylation is 3. The van der Waals surface area contributed by atoms with Crippen LogP contribution < -0.4 is 9.62 Å². The van der Waals surface area contributed by atoms with Gasteiger partial charge < -0.3 is 5.32 Å². The fourth-order valence-corrected chi connectivity index (χ4v) is 4.88. The molecule has 1 N–H and O–H groups in total. The van der Waals surface area contributed by atoms with Crippen molar-refractivity contribution in [2.24, 2.45) is 0 Å². The third-order valence-corrected chi connectivity index (χ3v) is 6.84. The Morgan fingerprint density at radius 1 is 1.14 bits per heavy atom. The van der Waals surface area contributed by atoms with Crippen LogP contribution in [0.2, 0.25) is 0 Å². The van der Waals surface area contributed by atoms with Crippen LogP contribution in [0.4, 0.5) is 5.69 Å². The number of carbonyl (C=O) groups excluding carboxylic acids is 1. The van der Waals surface area contributed by atoms with Crippen LogP contribution in [0.5, 0.6) is 0 Å². The monoisotopic (exact) mass is 414 g/mol. The van der Waals surface area contributed by atoms with E-state index in [1.807, 2.05) is 44.2 Å². The SMILES string of the molecule is Cc1ccc(N(CCCC(=O)NC2CCCc3ccccc32)S(C)(=O)=O)cc1C. The van der Waals surface area contributed by atoms with Crippen molar-refractivity contribution in [2.75, 3.05) is 17.1 Å². The summed E-state index contributed by atoms with van der Waals surface area (Å²) in [6.45, 7) is 4.25. The van der Waals surface area contributed by atoms with E-state index in [9.17, 15) is 13.2 Å². The van der Waals surface area contributed by atoms with Crippen molar-refractivity contribution < 1.29 is 13.2 Å². The molecular weight excluding hydrogens is 384 g/mol. The summed E-state index contributed by atoms with van der Waals surface area (Å²) >= 11 is 0. The van der Waals surface area contributed by atoms with Gasteiger partial charge in [0.05, 0.1) is 18.0 Å². The molecule has 0 heterocycles. The number of nitrogens with zero attached hydrogens (tertiary/aromatic N) is 1. The number of fused-ring (bicyclic) bond motifs is 1. The van der Waals surface area contributed by atoms with Crippen molar-refractivity contribution in [2.45, 2.75) is 52.0 Å². The second-order valence-corrected chi connectivity index (χ2v) is 9.83. The summed E-state index contributed by atoms with van der Waals surface area (Å²) in [5.74, 6) is -0.0276. The summed E-state index contributed by atoms with van der Waals surface area (Å²) < 4.78 is 26.0. The Labute approximate surface area is 174 Å². The first kappa shape index (κ1) is 21.4. The first-order valence-electron chi connectivity index (χ1n) is 10.2. The van der Waals surface area contributed by atoms with Crippen LogP contribution in [0.3, 0.4) is 0 Å². The molecule has 1 amide bonds. The maximum absolute atomic E-state index is 12.5. The molecule has 29 heavy (non-hydrogen) atoms. The second kappa shape index (κ2) is 8.99. The number of anilines is 1. The molecule has 0 bridgehead atoms. The summed E-state index contributed by atoms with van der Waals surface area (Å²) in [4.78, 5) is 12.5. The first-order valence-corrected chi connectivity index (χ1v) is 12.0. The summed E-state index contributed by atoms with van der Waals surface area (Å²) in [5, 5.41) is 3.14. The van der Waals surface area contributed by atoms with Gasteiger partial charge in [-0.15, -0.1) is 0 Å². The fraction of sp³-hybridized carbons (Fsp3) is 0.435. The molecule has 0 aliphatic heterocycles. The lowest BCUT2D eigenvalue weighted by atomic mass is 9.87. The Balaban J connectivity index is 1.60. The van der Waals surface area contributed by atoms with Gasteiger partial charge in [-0.05, 0) is 73.9 Å². The molecule has 0 saturated heterocycles. The van der Waals surface area contributed by atoms with Gasteiger partial charge in [0.15, 0.2) is 0 Å². The zero-order chi connectivity index (χ0) is 21.0. The summed E-state index contributed by atoms with van der Waals surface area (Å²) in [7, 11) is -3.41. The number of rotatable bonds is 7. The Hall–Kier alpha value is -2.34. The van der Waals surface area contributed by atoms with Crippen molar-refractivity contribution in [3.8, 4) is 0 Å². The third kappa shape index (κ3) is 5.38. The molecule has 6 heteroatoms. The molecule has 0 aromatic heterocycles. The van der Waals surface area contributed by atoms with E-state index in [4.69, 9.17) is 0 Å². The lowest BCUT2D eigenvalue weighted by Gasteiger charge is -2.27. The summed E-state index contributed by atoms with van der Waals surface area (Å²) in [6, 6.07) is 13.9. The summed E-state index contributed by atoms with van der Waals surface area (Å²) in [5.41, 5.74) is 5.33. The van der Waals surface area contributed by atoms with Crippen LogP contribution in [-0.2, 0) is 21.2 Å². The van der Waals surface area contributed by atoms with Crippen LogP contribution in [0.25, 0.3) is 0 Å². The standard InChI is InChI=1S/C23H30N2O3S/c1-17-13-14-20(16-18(17)2)25(29(3,27)28)15-7-12-23(26)24-22-11-6-9-19-8-4-5-10-21(19)22/h4-5,8,10,13-14,16,22H,6-7,9,11-12,15H2,1-3H3,(H,24,26). The molecule has 1 unspecified atom stereocenters. The minimum absolute atomic E-state index is 0.0276. The average Bonchev–Trinajstić information content (AvgIpc) is 2.67. The number of carbonyl (C=O) groups is 1. The molecule has 5 nitrogen and oxygen atoms in total. The largest absolute Gasteiger partial charge is 0.349 e. The van der Waals surface area contributed by atoms with Gasteiger partial charge in [0.1, 0.15) is 0 Å². The highest BCUT2D eigenvalue weighted by Gasteiger charge is 2.22. The molecule has 0 fully saturated rings. The summed E-state index contributed by atoms with van der Waals surface area (Å²) in [6.07, 6.45) is 5.05. The zero-order valence-electron chi connectivity index (χ0n) is 17.4. The molecule has 2 aromatic carbocycles. The van der Waals surface area contributed by atoms with E-state index in [2.05, 4.69) is 17.4 Å². The number of benzene rings is 2. The molecule has 156 valence electrons. The van der Waals surface area contributed by atoms with Gasteiger partial charge in [-0.3, -0.25) is 9.10 Å². The van der Waals surface area contributed by atoms with E-state index >= 15 is 0 Å². The maximum atomic E-state index is 12.5. The molecule has 0 radical (unpaired) electrons. The van der Waals surface area contributed by atoms with Gasteiger partial charge in [-0.1, -0.05) is 30.3 Å². The normalized spacial score (nSPS) is 16.2. The molecular formula is C23H30N2O3S. The van der Waals surface area contributed by atoms with Crippen molar-refractivity contribution in [1.29, 1.82) is 0 Å². The minimum atomic E-state index is -3.41. The molecule has 2 aromatic rings. The van der Waals surface area contributed by atoms with Crippen LogP contribution in [0.15, 0.2) is 42.5 Å². The van der Waals surface area contributed by atoms with Gasteiger partial charge in [-0.25, -0.2) is 8.42 Å². The van der Waals surface area contributed by atoms with Gasteiger partial charge >= 0.3 is 0 Å². The molecule has 1 atom stereocenters. The van der Waals surface area contributed by atoms with E-state index in [0.29, 0.717) is 18.5 Å². The Kier molecular flexibility index (Phi) is 6.63. The van der Waals surface area contributed by atoms with Crippen LogP contribution >= 0.6 is 0 Å². The number of sulfonamides is 1. The second-order valence-electron chi connectivity index (χ2n) is 7.92. The Morgan fingerprint density at radius 3 is 2.62 bits per heavy atom. The smallest absolute Gasteiger partial charge is 0.232 e. The highest BCUT2D eigenvalue weighted by atomic mass is 32.2. The number of hydrogen-bond acceptors (Lipinski definition) is 3. The Bertz CT molecular complexity index is 985. The fourth-order valence-electron chi connectivity index (χ4n) is 3.92. The predicted molar refractivity (Wildman–Crippen MR) is 118 cm³/mol. The lowest BCUT2D eigenvalue weighted by molar-refractivity contribution is -0.122. The molecule has 1 aliphatic carbocycles. The van der Waals surface area contributed by atoms with Gasteiger partial charge in [-0.2, -0.15) is 0 Å². The van der Waals surface area contributed by atoms with E-state index in [1.54, 1.807) is 0 Å². The molecule has 0 saturated carbocycles. The van der Waals surface area contributed by atoms with E-state index in [0.717, 1.165) is 30.4 Å². The third-order valence-electron chi connectivity index (χ3n) is 5.65. The highest BCUT2D eigenvalue weighted by Crippen LogP contribution is 2.29. The minimum Gasteiger partial charge on any atom is -0.349 e. The molecule has 0 spiro atoms. The lowest BCUT2D eigenvalue weighted by Crippen LogP contribution is -2.33. The number of hydrogen-bond donors (Lipinski definition) is 1. The van der Waals surface area contributed by atoms with Crippen molar-refractivity contribution >= 4 is 21.6 Å². The van der Waals surface area contributed by atoms with Gasteiger partial charge in [0.25, 0.3) is 0 Å². The van der Waals surface area contributed by atoms with Gasteiger partial charge in [0.2, 0.25) is 15.9 Å². The van der Waals surface area contributed by atoms with E-state index < -0.39 is 10.0 Å². The average molecular weight is 415 g/mol. The molecule has 3 rings (SSSR count). The maximum Gasteiger partial charge on any atom is 0.232 e.